The minimum Gasteiger partial charge on any atom is -0.497 e. The van der Waals surface area contributed by atoms with Gasteiger partial charge in [0.05, 0.1) is 13.5 Å². The molecule has 0 saturated carbocycles. The molecule has 2 rings (SSSR count). The molecule has 0 radical (unpaired) electrons. The van der Waals surface area contributed by atoms with Crippen LogP contribution >= 0.6 is 24.0 Å². The lowest BCUT2D eigenvalue weighted by Gasteiger charge is -2.14. The number of benzene rings is 1. The highest BCUT2D eigenvalue weighted by molar-refractivity contribution is 8.23. The molecule has 3 nitrogen and oxygen atoms in total. The molecule has 0 N–H and O–H groups in total. The Labute approximate surface area is 110 Å². The molecule has 1 saturated heterocycles. The van der Waals surface area contributed by atoms with E-state index in [1.165, 1.54) is 0 Å². The number of hydrogen-bond donors (Lipinski definition) is 0. The summed E-state index contributed by atoms with van der Waals surface area (Å²) in [7, 11) is 1.63. The van der Waals surface area contributed by atoms with Crippen LogP contribution < -0.4 is 4.74 Å². The first-order chi connectivity index (χ1) is 8.20. The number of amides is 1. The van der Waals surface area contributed by atoms with Crippen LogP contribution in [0.25, 0.3) is 0 Å². The first-order valence-corrected chi connectivity index (χ1v) is 6.70. The quantitative estimate of drug-likeness (QED) is 0.784. The number of thiocarbonyl (C=S) groups is 1. The van der Waals surface area contributed by atoms with Gasteiger partial charge in [-0.2, -0.15) is 0 Å². The van der Waals surface area contributed by atoms with Gasteiger partial charge in [-0.15, -0.1) is 0 Å². The van der Waals surface area contributed by atoms with E-state index in [2.05, 4.69) is 0 Å². The molecule has 1 fully saturated rings. The van der Waals surface area contributed by atoms with Gasteiger partial charge >= 0.3 is 0 Å². The second kappa shape index (κ2) is 5.51. The smallest absolute Gasteiger partial charge is 0.232 e. The molecule has 1 aromatic rings. The molecular formula is C12H13NO2S2. The van der Waals surface area contributed by atoms with Crippen LogP contribution in [0.2, 0.25) is 0 Å². The van der Waals surface area contributed by atoms with Gasteiger partial charge < -0.3 is 4.74 Å². The third-order valence-corrected chi connectivity index (χ3v) is 4.00. The highest BCUT2D eigenvalue weighted by Gasteiger charge is 2.23. The molecule has 17 heavy (non-hydrogen) atoms. The molecule has 1 amide bonds. The van der Waals surface area contributed by atoms with Gasteiger partial charge in [0.15, 0.2) is 0 Å². The average molecular weight is 267 g/mol. The monoisotopic (exact) mass is 267 g/mol. The number of nitrogens with zero attached hydrogens (tertiary/aromatic N) is 1. The van der Waals surface area contributed by atoms with Crippen molar-refractivity contribution in [2.24, 2.45) is 0 Å². The molecule has 1 aromatic carbocycles. The van der Waals surface area contributed by atoms with E-state index >= 15 is 0 Å². The highest BCUT2D eigenvalue weighted by Crippen LogP contribution is 2.19. The normalized spacial score (nSPS) is 15.1. The summed E-state index contributed by atoms with van der Waals surface area (Å²) in [6, 6.07) is 7.53. The molecule has 0 spiro atoms. The van der Waals surface area contributed by atoms with Gasteiger partial charge in [-0.3, -0.25) is 9.69 Å². The zero-order valence-electron chi connectivity index (χ0n) is 9.51. The maximum atomic E-state index is 12.0. The van der Waals surface area contributed by atoms with E-state index in [-0.39, 0.29) is 5.91 Å². The molecular weight excluding hydrogens is 254 g/mol. The molecule has 0 unspecified atom stereocenters. The van der Waals surface area contributed by atoms with E-state index in [1.807, 2.05) is 24.3 Å². The molecule has 1 aliphatic heterocycles. The van der Waals surface area contributed by atoms with Crippen molar-refractivity contribution in [1.29, 1.82) is 0 Å². The third-order valence-electron chi connectivity index (χ3n) is 2.58. The summed E-state index contributed by atoms with van der Waals surface area (Å²) in [6.45, 7) is 0.735. The van der Waals surface area contributed by atoms with Crippen LogP contribution in [0.5, 0.6) is 5.75 Å². The molecule has 1 aliphatic rings. The van der Waals surface area contributed by atoms with Gasteiger partial charge in [0.25, 0.3) is 0 Å². The SMILES string of the molecule is COc1ccc(CC(=O)N2CCSC2=S)cc1. The first kappa shape index (κ1) is 12.4. The number of thioether (sulfide) groups is 1. The van der Waals surface area contributed by atoms with Crippen LogP contribution in [-0.4, -0.2) is 34.5 Å². The fraction of sp³-hybridized carbons (Fsp3) is 0.333. The Morgan fingerprint density at radius 1 is 1.47 bits per heavy atom. The number of rotatable bonds is 3. The Bertz CT molecular complexity index is 431. The van der Waals surface area contributed by atoms with E-state index in [0.29, 0.717) is 10.7 Å². The van der Waals surface area contributed by atoms with Crippen molar-refractivity contribution in [1.82, 2.24) is 4.90 Å². The molecule has 0 bridgehead atoms. The summed E-state index contributed by atoms with van der Waals surface area (Å²) in [5.74, 6) is 1.78. The van der Waals surface area contributed by atoms with Crippen LogP contribution in [0.1, 0.15) is 5.56 Å². The molecule has 0 aromatic heterocycles. The van der Waals surface area contributed by atoms with Crippen molar-refractivity contribution in [3.8, 4) is 5.75 Å². The van der Waals surface area contributed by atoms with Crippen molar-refractivity contribution in [3.05, 3.63) is 29.8 Å². The van der Waals surface area contributed by atoms with Crippen LogP contribution in [0.15, 0.2) is 24.3 Å². The van der Waals surface area contributed by atoms with Crippen molar-refractivity contribution < 1.29 is 9.53 Å². The van der Waals surface area contributed by atoms with Crippen molar-refractivity contribution in [3.63, 3.8) is 0 Å². The summed E-state index contributed by atoms with van der Waals surface area (Å²) >= 11 is 6.69. The van der Waals surface area contributed by atoms with Crippen LogP contribution in [-0.2, 0) is 11.2 Å². The Morgan fingerprint density at radius 2 is 2.18 bits per heavy atom. The molecule has 90 valence electrons. The number of hydrogen-bond acceptors (Lipinski definition) is 4. The predicted octanol–water partition coefficient (Wildman–Crippen LogP) is 2.10. The van der Waals surface area contributed by atoms with Crippen molar-refractivity contribution >= 4 is 34.2 Å². The Hall–Kier alpha value is -1.07. The Kier molecular flexibility index (Phi) is 4.02. The number of ether oxygens (including phenoxy) is 1. The maximum absolute atomic E-state index is 12.0. The molecule has 0 aliphatic carbocycles. The fourth-order valence-corrected chi connectivity index (χ4v) is 2.87. The molecule has 0 atom stereocenters. The van der Waals surface area contributed by atoms with Crippen LogP contribution in [0.4, 0.5) is 0 Å². The lowest BCUT2D eigenvalue weighted by molar-refractivity contribution is -0.126. The second-order valence-electron chi connectivity index (χ2n) is 3.68. The average Bonchev–Trinajstić information content (AvgIpc) is 2.76. The molecule has 5 heteroatoms. The van der Waals surface area contributed by atoms with Crippen LogP contribution in [0.3, 0.4) is 0 Å². The van der Waals surface area contributed by atoms with Crippen LogP contribution in [0, 0.1) is 0 Å². The summed E-state index contributed by atoms with van der Waals surface area (Å²) in [6.07, 6.45) is 0.394. The van der Waals surface area contributed by atoms with E-state index in [0.717, 1.165) is 23.6 Å². The third kappa shape index (κ3) is 2.98. The number of methoxy groups -OCH3 is 1. The van der Waals surface area contributed by atoms with E-state index in [4.69, 9.17) is 17.0 Å². The lowest BCUT2D eigenvalue weighted by Crippen LogP contribution is -2.31. The Morgan fingerprint density at radius 3 is 2.71 bits per heavy atom. The fourth-order valence-electron chi connectivity index (χ4n) is 1.63. The van der Waals surface area contributed by atoms with E-state index in [9.17, 15) is 4.79 Å². The molecule has 1 heterocycles. The van der Waals surface area contributed by atoms with Gasteiger partial charge in [-0.05, 0) is 17.7 Å². The minimum absolute atomic E-state index is 0.0742. The van der Waals surface area contributed by atoms with Crippen molar-refractivity contribution in [2.75, 3.05) is 19.4 Å². The summed E-state index contributed by atoms with van der Waals surface area (Å²) in [4.78, 5) is 13.7. The topological polar surface area (TPSA) is 29.5 Å². The van der Waals surface area contributed by atoms with Gasteiger partial charge in [0.2, 0.25) is 5.91 Å². The summed E-state index contributed by atoms with van der Waals surface area (Å²) in [5, 5.41) is 0. The van der Waals surface area contributed by atoms with Gasteiger partial charge in [0.1, 0.15) is 10.1 Å². The highest BCUT2D eigenvalue weighted by atomic mass is 32.2. The lowest BCUT2D eigenvalue weighted by atomic mass is 10.1. The zero-order chi connectivity index (χ0) is 12.3. The predicted molar refractivity (Wildman–Crippen MR) is 73.5 cm³/mol. The summed E-state index contributed by atoms with van der Waals surface area (Å²) < 4.78 is 5.77. The number of carbonyl (C=O) groups excluding carboxylic acids is 1. The standard InChI is InChI=1S/C12H13NO2S2/c1-15-10-4-2-9(3-5-10)8-11(14)13-6-7-17-12(13)16/h2-5H,6-8H2,1H3. The maximum Gasteiger partial charge on any atom is 0.232 e. The van der Waals surface area contributed by atoms with Gasteiger partial charge in [-0.25, -0.2) is 0 Å². The zero-order valence-corrected chi connectivity index (χ0v) is 11.1. The minimum atomic E-state index is 0.0742. The van der Waals surface area contributed by atoms with Gasteiger partial charge in [-0.1, -0.05) is 36.1 Å². The second-order valence-corrected chi connectivity index (χ2v) is 5.41. The Balaban J connectivity index is 2.00. The largest absolute Gasteiger partial charge is 0.497 e. The van der Waals surface area contributed by atoms with E-state index in [1.54, 1.807) is 23.8 Å². The van der Waals surface area contributed by atoms with E-state index < -0.39 is 0 Å². The number of carbonyl (C=O) groups is 1. The van der Waals surface area contributed by atoms with Gasteiger partial charge in [0, 0.05) is 12.3 Å². The summed E-state index contributed by atoms with van der Waals surface area (Å²) in [5.41, 5.74) is 0.982. The first-order valence-electron chi connectivity index (χ1n) is 5.31. The van der Waals surface area contributed by atoms with Crippen molar-refractivity contribution in [2.45, 2.75) is 6.42 Å².